The van der Waals surface area contributed by atoms with Crippen molar-refractivity contribution in [2.45, 2.75) is 20.0 Å². The zero-order valence-corrected chi connectivity index (χ0v) is 28.3. The number of carbonyl (C=O) groups excluding carboxylic acids is 1. The van der Waals surface area contributed by atoms with E-state index in [4.69, 9.17) is 0 Å². The molecule has 250 valence electrons. The Morgan fingerprint density at radius 2 is 1.26 bits per heavy atom. The van der Waals surface area contributed by atoms with Gasteiger partial charge in [-0.15, -0.1) is 22.7 Å². The van der Waals surface area contributed by atoms with Crippen molar-refractivity contribution in [3.8, 4) is 0 Å². The molecule has 0 spiro atoms. The summed E-state index contributed by atoms with van der Waals surface area (Å²) in [6.07, 6.45) is 6.62. The first-order valence-electron chi connectivity index (χ1n) is 15.4. The summed E-state index contributed by atoms with van der Waals surface area (Å²) >= 11 is 3.06. The van der Waals surface area contributed by atoms with Crippen LogP contribution in [0.25, 0.3) is 20.4 Å². The number of ketones is 1. The van der Waals surface area contributed by atoms with E-state index in [1.165, 1.54) is 59.9 Å². The molecule has 0 bridgehead atoms. The van der Waals surface area contributed by atoms with Gasteiger partial charge in [0, 0.05) is 5.56 Å². The molecule has 2 aliphatic rings. The molecule has 1 atom stereocenters. The molecular weight excluding hydrogens is 679 g/mol. The lowest BCUT2D eigenvalue weighted by Crippen LogP contribution is -2.13. The van der Waals surface area contributed by atoms with Gasteiger partial charge in [-0.2, -0.15) is 0 Å². The maximum atomic E-state index is 13.1. The number of aliphatic hydroxyl groups is 1. The van der Waals surface area contributed by atoms with Gasteiger partial charge in [-0.25, -0.2) is 28.7 Å². The third kappa shape index (κ3) is 6.94. The van der Waals surface area contributed by atoms with Crippen LogP contribution in [0.5, 0.6) is 0 Å². The number of benzene rings is 2. The first-order chi connectivity index (χ1) is 24.2. The molecule has 14 heteroatoms. The minimum atomic E-state index is -1.04. The van der Waals surface area contributed by atoms with Crippen LogP contribution in [0.2, 0.25) is 0 Å². The molecule has 10 nitrogen and oxygen atoms in total. The number of aliphatic imine (C=N–C) groups is 2. The van der Waals surface area contributed by atoms with E-state index >= 15 is 0 Å². The third-order valence-corrected chi connectivity index (χ3v) is 9.91. The number of anilines is 2. The normalized spacial score (nSPS) is 14.0. The summed E-state index contributed by atoms with van der Waals surface area (Å²) in [7, 11) is 0. The third-order valence-electron chi connectivity index (χ3n) is 7.72. The molecule has 0 saturated carbocycles. The number of aliphatic hydroxyl groups excluding tert-OH is 1. The Morgan fingerprint density at radius 3 is 1.80 bits per heavy atom. The summed E-state index contributed by atoms with van der Waals surface area (Å²) in [4.78, 5) is 39.2. The summed E-state index contributed by atoms with van der Waals surface area (Å²) in [5, 5.41) is 21.0. The molecule has 8 rings (SSSR count). The smallest absolute Gasteiger partial charge is 0.230 e. The topological polar surface area (TPSA) is 138 Å². The monoisotopic (exact) mass is 706 g/mol. The molecule has 6 aromatic rings. The van der Waals surface area contributed by atoms with Crippen molar-refractivity contribution in [1.29, 1.82) is 0 Å². The number of fused-ring (bicyclic) bond motifs is 2. The summed E-state index contributed by atoms with van der Waals surface area (Å²) in [6, 6.07) is 11.0. The fourth-order valence-electron chi connectivity index (χ4n) is 5.14. The minimum Gasteiger partial charge on any atom is -0.380 e. The van der Waals surface area contributed by atoms with Gasteiger partial charge in [0.15, 0.2) is 17.5 Å². The first kappa shape index (κ1) is 33.0. The molecule has 0 amide bonds. The number of halogens is 2. The van der Waals surface area contributed by atoms with Crippen LogP contribution in [0.15, 0.2) is 93.6 Å². The second-order valence-electron chi connectivity index (χ2n) is 11.3. The van der Waals surface area contributed by atoms with Crippen molar-refractivity contribution in [2.24, 2.45) is 9.98 Å². The van der Waals surface area contributed by atoms with Crippen molar-refractivity contribution in [3.05, 3.63) is 129 Å². The van der Waals surface area contributed by atoms with Crippen LogP contribution < -0.4 is 10.6 Å². The van der Waals surface area contributed by atoms with Gasteiger partial charge in [-0.3, -0.25) is 14.8 Å². The number of hydrogen-bond acceptors (Lipinski definition) is 12. The van der Waals surface area contributed by atoms with Gasteiger partial charge in [0.1, 0.15) is 29.4 Å². The Balaban J connectivity index is 0.000000157. The predicted octanol–water partition coefficient (Wildman–Crippen LogP) is 7.35. The lowest BCUT2D eigenvalue weighted by Gasteiger charge is -2.13. The number of aromatic nitrogens is 4. The first-order valence-corrected chi connectivity index (χ1v) is 17.2. The van der Waals surface area contributed by atoms with Gasteiger partial charge in [0.25, 0.3) is 0 Å². The van der Waals surface area contributed by atoms with Crippen molar-refractivity contribution in [2.75, 3.05) is 23.7 Å². The Morgan fingerprint density at radius 1 is 0.740 bits per heavy atom. The fraction of sp³-hybridized carbons (Fsp3) is 0.139. The number of amidine groups is 2. The van der Waals surface area contributed by atoms with Gasteiger partial charge >= 0.3 is 0 Å². The van der Waals surface area contributed by atoms with E-state index < -0.39 is 11.9 Å². The Hall–Kier alpha value is -5.57. The SMILES string of the molecule is Cc1csc2c(NC3=NCC=C3)nc(C(=O)c3ccc(F)cc3)nc12.Cc1csc2c(NC3=NCC=C3)nc(C(O)c3ccc(F)cc3)nc12. The maximum absolute atomic E-state index is 13.1. The molecule has 0 radical (unpaired) electrons. The lowest BCUT2D eigenvalue weighted by molar-refractivity contribution is 0.103. The zero-order chi connectivity index (χ0) is 34.8. The van der Waals surface area contributed by atoms with Gasteiger partial charge < -0.3 is 15.7 Å². The molecule has 2 aromatic carbocycles. The van der Waals surface area contributed by atoms with E-state index in [-0.39, 0.29) is 23.2 Å². The van der Waals surface area contributed by atoms with Crippen molar-refractivity contribution < 1.29 is 18.7 Å². The standard InChI is InChI=1S/C18H15FN4OS.C18H13FN4OS/c2*1-10-9-25-16-14(10)22-17(15(24)11-4-6-12(19)7-5-11)23-18(16)21-13-3-2-8-20-13/h2-7,9,15,24H,8H2,1H3,(H,20,21,22,23);2-7,9H,8H2,1H3,(H,20,21,22,23). The van der Waals surface area contributed by atoms with Crippen LogP contribution in [0.1, 0.15) is 44.8 Å². The van der Waals surface area contributed by atoms with Gasteiger partial charge in [-0.1, -0.05) is 24.3 Å². The number of nitrogens with one attached hydrogen (secondary N) is 2. The van der Waals surface area contributed by atoms with Gasteiger partial charge in [0.05, 0.1) is 33.5 Å². The Labute approximate surface area is 292 Å². The lowest BCUT2D eigenvalue weighted by atomic mass is 10.1. The highest BCUT2D eigenvalue weighted by molar-refractivity contribution is 7.18. The average Bonchev–Trinajstić information content (AvgIpc) is 3.96. The number of rotatable bonds is 6. The van der Waals surface area contributed by atoms with Crippen molar-refractivity contribution in [3.63, 3.8) is 0 Å². The highest BCUT2D eigenvalue weighted by Gasteiger charge is 2.21. The summed E-state index contributed by atoms with van der Waals surface area (Å²) < 4.78 is 28.0. The van der Waals surface area contributed by atoms with Crippen LogP contribution in [-0.2, 0) is 0 Å². The van der Waals surface area contributed by atoms with Crippen LogP contribution in [0.4, 0.5) is 20.4 Å². The van der Waals surface area contributed by atoms with Crippen molar-refractivity contribution >= 4 is 72.2 Å². The van der Waals surface area contributed by atoms with Crippen molar-refractivity contribution in [1.82, 2.24) is 19.9 Å². The van der Waals surface area contributed by atoms with Gasteiger partial charge in [0.2, 0.25) is 11.6 Å². The Kier molecular flexibility index (Phi) is 9.30. The quantitative estimate of drug-likeness (QED) is 0.153. The van der Waals surface area contributed by atoms with Crippen LogP contribution in [0, 0.1) is 25.5 Å². The minimum absolute atomic E-state index is 0.0747. The molecule has 3 N–H and O–H groups in total. The number of hydrogen-bond donors (Lipinski definition) is 3. The molecule has 50 heavy (non-hydrogen) atoms. The van der Waals surface area contributed by atoms with E-state index in [1.54, 1.807) is 11.3 Å². The van der Waals surface area contributed by atoms with E-state index in [2.05, 4.69) is 40.6 Å². The largest absolute Gasteiger partial charge is 0.380 e. The van der Waals surface area contributed by atoms with E-state index in [0.717, 1.165) is 37.4 Å². The fourth-order valence-corrected chi connectivity index (χ4v) is 7.01. The van der Waals surface area contributed by atoms with Crippen LogP contribution in [-0.4, -0.2) is 55.6 Å². The molecule has 0 saturated heterocycles. The summed E-state index contributed by atoms with van der Waals surface area (Å²) in [5.41, 5.74) is 4.40. The molecule has 0 aliphatic carbocycles. The summed E-state index contributed by atoms with van der Waals surface area (Å²) in [5.74, 6) is 1.85. The predicted molar refractivity (Wildman–Crippen MR) is 195 cm³/mol. The molecule has 2 aliphatic heterocycles. The second-order valence-corrected chi connectivity index (χ2v) is 13.1. The van der Waals surface area contributed by atoms with Crippen LogP contribution >= 0.6 is 22.7 Å². The average molecular weight is 707 g/mol. The zero-order valence-electron chi connectivity index (χ0n) is 26.7. The molecule has 4 aromatic heterocycles. The number of thiophene rings is 2. The van der Waals surface area contributed by atoms with E-state index in [9.17, 15) is 18.7 Å². The van der Waals surface area contributed by atoms with Gasteiger partial charge in [-0.05, 0) is 89.8 Å². The molecular formula is C36H28F2N8O2S2. The molecule has 1 unspecified atom stereocenters. The van der Waals surface area contributed by atoms with E-state index in [1.807, 2.05) is 48.9 Å². The molecule has 0 fully saturated rings. The number of aryl methyl sites for hydroxylation is 2. The highest BCUT2D eigenvalue weighted by Crippen LogP contribution is 2.33. The number of nitrogens with zero attached hydrogens (tertiary/aromatic N) is 6. The van der Waals surface area contributed by atoms with E-state index in [0.29, 0.717) is 41.7 Å². The second kappa shape index (κ2) is 14.1. The summed E-state index contributed by atoms with van der Waals surface area (Å²) in [6.45, 7) is 5.18. The number of carbonyl (C=O) groups is 1. The molecule has 6 heterocycles. The Bertz CT molecular complexity index is 2360. The highest BCUT2D eigenvalue weighted by atomic mass is 32.1. The van der Waals surface area contributed by atoms with Crippen LogP contribution in [0.3, 0.4) is 0 Å². The maximum Gasteiger partial charge on any atom is 0.230 e.